The number of carbonyl (C=O) groups is 1. The maximum absolute atomic E-state index is 12.7. The van der Waals surface area contributed by atoms with Gasteiger partial charge in [-0.15, -0.1) is 0 Å². The minimum Gasteiger partial charge on any atom is -0.394 e. The number of amides is 1. The zero-order valence-electron chi connectivity index (χ0n) is 13.0. The normalized spacial score (nSPS) is 12.3. The molecule has 1 atom stereocenters. The molecule has 0 aliphatic rings. The van der Waals surface area contributed by atoms with Gasteiger partial charge in [0.15, 0.2) is 5.65 Å². The molecule has 0 fully saturated rings. The molecule has 118 valence electrons. The van der Waals surface area contributed by atoms with E-state index >= 15 is 0 Å². The van der Waals surface area contributed by atoms with Crippen molar-refractivity contribution in [2.75, 3.05) is 6.61 Å². The highest BCUT2D eigenvalue weighted by atomic mass is 16.3. The molecule has 0 saturated carbocycles. The SMILES string of the molecule is Cc1cc(C(=O)NC(CO)c2ccccc2)c2cnn(C)c2n1. The first-order valence-electron chi connectivity index (χ1n) is 7.36. The number of aliphatic hydroxyl groups excluding tert-OH is 1. The van der Waals surface area contributed by atoms with E-state index in [2.05, 4.69) is 15.4 Å². The first kappa shape index (κ1) is 15.2. The summed E-state index contributed by atoms with van der Waals surface area (Å²) in [5.41, 5.74) is 2.77. The van der Waals surface area contributed by atoms with Gasteiger partial charge < -0.3 is 10.4 Å². The molecule has 6 nitrogen and oxygen atoms in total. The lowest BCUT2D eigenvalue weighted by Gasteiger charge is -2.17. The zero-order valence-corrected chi connectivity index (χ0v) is 13.0. The Kier molecular flexibility index (Phi) is 4.08. The lowest BCUT2D eigenvalue weighted by atomic mass is 10.1. The van der Waals surface area contributed by atoms with Crippen LogP contribution in [0.5, 0.6) is 0 Å². The zero-order chi connectivity index (χ0) is 16.4. The Balaban J connectivity index is 1.94. The fourth-order valence-corrected chi connectivity index (χ4v) is 2.58. The molecule has 1 amide bonds. The van der Waals surface area contributed by atoms with Gasteiger partial charge in [-0.05, 0) is 18.6 Å². The molecular weight excluding hydrogens is 292 g/mol. The van der Waals surface area contributed by atoms with E-state index in [0.29, 0.717) is 16.6 Å². The van der Waals surface area contributed by atoms with E-state index in [1.165, 1.54) is 0 Å². The van der Waals surface area contributed by atoms with Crippen LogP contribution in [0.1, 0.15) is 27.7 Å². The van der Waals surface area contributed by atoms with Crippen molar-refractivity contribution >= 4 is 16.9 Å². The lowest BCUT2D eigenvalue weighted by Crippen LogP contribution is -2.31. The topological polar surface area (TPSA) is 80.0 Å². The maximum Gasteiger partial charge on any atom is 0.252 e. The number of nitrogens with zero attached hydrogens (tertiary/aromatic N) is 3. The van der Waals surface area contributed by atoms with E-state index in [9.17, 15) is 9.90 Å². The third-order valence-electron chi connectivity index (χ3n) is 3.77. The van der Waals surface area contributed by atoms with E-state index in [0.717, 1.165) is 11.3 Å². The van der Waals surface area contributed by atoms with Gasteiger partial charge in [0.05, 0.1) is 29.8 Å². The van der Waals surface area contributed by atoms with E-state index in [1.54, 1.807) is 24.0 Å². The number of aromatic nitrogens is 3. The van der Waals surface area contributed by atoms with E-state index in [1.807, 2.05) is 37.3 Å². The van der Waals surface area contributed by atoms with Gasteiger partial charge in [0.25, 0.3) is 5.91 Å². The second-order valence-electron chi connectivity index (χ2n) is 5.44. The van der Waals surface area contributed by atoms with Crippen molar-refractivity contribution in [1.29, 1.82) is 0 Å². The smallest absolute Gasteiger partial charge is 0.252 e. The number of hydrogen-bond donors (Lipinski definition) is 2. The third kappa shape index (κ3) is 2.93. The Labute approximate surface area is 133 Å². The van der Waals surface area contributed by atoms with E-state index < -0.39 is 6.04 Å². The minimum atomic E-state index is -0.455. The summed E-state index contributed by atoms with van der Waals surface area (Å²) in [5.74, 6) is -0.253. The molecule has 2 N–H and O–H groups in total. The largest absolute Gasteiger partial charge is 0.394 e. The van der Waals surface area contributed by atoms with Gasteiger partial charge in [0, 0.05) is 12.7 Å². The van der Waals surface area contributed by atoms with Crippen molar-refractivity contribution in [3.8, 4) is 0 Å². The highest BCUT2D eigenvalue weighted by Crippen LogP contribution is 2.19. The molecule has 3 aromatic rings. The molecule has 2 heterocycles. The number of aryl methyl sites for hydroxylation is 2. The van der Waals surface area contributed by atoms with Crippen molar-refractivity contribution in [1.82, 2.24) is 20.1 Å². The second-order valence-corrected chi connectivity index (χ2v) is 5.44. The van der Waals surface area contributed by atoms with Gasteiger partial charge >= 0.3 is 0 Å². The van der Waals surface area contributed by atoms with Gasteiger partial charge in [0.1, 0.15) is 0 Å². The fourth-order valence-electron chi connectivity index (χ4n) is 2.58. The highest BCUT2D eigenvalue weighted by Gasteiger charge is 2.18. The van der Waals surface area contributed by atoms with Crippen LogP contribution < -0.4 is 5.32 Å². The summed E-state index contributed by atoms with van der Waals surface area (Å²) in [6.07, 6.45) is 1.63. The summed E-state index contributed by atoms with van der Waals surface area (Å²) in [6.45, 7) is 1.67. The molecule has 0 spiro atoms. The first-order valence-corrected chi connectivity index (χ1v) is 7.36. The highest BCUT2D eigenvalue weighted by molar-refractivity contribution is 6.05. The summed E-state index contributed by atoms with van der Waals surface area (Å²) in [4.78, 5) is 17.1. The Bertz CT molecular complexity index is 842. The molecule has 0 bridgehead atoms. The number of benzene rings is 1. The van der Waals surface area contributed by atoms with Crippen LogP contribution in [0.4, 0.5) is 0 Å². The predicted octanol–water partition coefficient (Wildman–Crippen LogP) is 1.74. The molecule has 6 heteroatoms. The molecular formula is C17H18N4O2. The third-order valence-corrected chi connectivity index (χ3v) is 3.77. The van der Waals surface area contributed by atoms with Crippen LogP contribution in [0, 0.1) is 6.92 Å². The number of fused-ring (bicyclic) bond motifs is 1. The summed E-state index contributed by atoms with van der Waals surface area (Å²) in [5, 5.41) is 17.3. The monoisotopic (exact) mass is 310 g/mol. The summed E-state index contributed by atoms with van der Waals surface area (Å²) in [6, 6.07) is 10.7. The van der Waals surface area contributed by atoms with Crippen LogP contribution in [0.3, 0.4) is 0 Å². The molecule has 0 radical (unpaired) electrons. The molecule has 0 aliphatic carbocycles. The number of pyridine rings is 1. The van der Waals surface area contributed by atoms with Crippen LogP contribution in [0.25, 0.3) is 11.0 Å². The standard InChI is InChI=1S/C17H18N4O2/c1-11-8-13(14-9-18-21(2)16(14)19-11)17(23)20-15(10-22)12-6-4-3-5-7-12/h3-9,15,22H,10H2,1-2H3,(H,20,23). The molecule has 23 heavy (non-hydrogen) atoms. The van der Waals surface area contributed by atoms with Crippen LogP contribution in [0.15, 0.2) is 42.6 Å². The van der Waals surface area contributed by atoms with E-state index in [-0.39, 0.29) is 12.5 Å². The number of carbonyl (C=O) groups excluding carboxylic acids is 1. The van der Waals surface area contributed by atoms with Crippen molar-refractivity contribution in [3.63, 3.8) is 0 Å². The average Bonchev–Trinajstić information content (AvgIpc) is 2.93. The lowest BCUT2D eigenvalue weighted by molar-refractivity contribution is 0.0917. The summed E-state index contributed by atoms with van der Waals surface area (Å²) in [7, 11) is 1.79. The van der Waals surface area contributed by atoms with Crippen LogP contribution >= 0.6 is 0 Å². The number of nitrogens with one attached hydrogen (secondary N) is 1. The molecule has 0 aliphatic heterocycles. The number of hydrogen-bond acceptors (Lipinski definition) is 4. The molecule has 2 aromatic heterocycles. The van der Waals surface area contributed by atoms with Gasteiger partial charge in [0.2, 0.25) is 0 Å². The quantitative estimate of drug-likeness (QED) is 0.769. The first-order chi connectivity index (χ1) is 11.1. The van der Waals surface area contributed by atoms with Crippen molar-refractivity contribution in [2.24, 2.45) is 7.05 Å². The van der Waals surface area contributed by atoms with E-state index in [4.69, 9.17) is 0 Å². The fraction of sp³-hybridized carbons (Fsp3) is 0.235. The van der Waals surface area contributed by atoms with Crippen molar-refractivity contribution in [2.45, 2.75) is 13.0 Å². The molecule has 1 aromatic carbocycles. The van der Waals surface area contributed by atoms with Gasteiger partial charge in [-0.1, -0.05) is 30.3 Å². The van der Waals surface area contributed by atoms with Crippen LogP contribution in [-0.2, 0) is 7.05 Å². The number of aliphatic hydroxyl groups is 1. The molecule has 0 saturated heterocycles. The Morgan fingerprint density at radius 3 is 2.78 bits per heavy atom. The van der Waals surface area contributed by atoms with Gasteiger partial charge in [-0.2, -0.15) is 5.10 Å². The summed E-state index contributed by atoms with van der Waals surface area (Å²) >= 11 is 0. The Morgan fingerprint density at radius 2 is 2.09 bits per heavy atom. The summed E-state index contributed by atoms with van der Waals surface area (Å²) < 4.78 is 1.64. The predicted molar refractivity (Wildman–Crippen MR) is 87.0 cm³/mol. The van der Waals surface area contributed by atoms with Crippen molar-refractivity contribution in [3.05, 3.63) is 59.4 Å². The van der Waals surface area contributed by atoms with Gasteiger partial charge in [-0.3, -0.25) is 9.48 Å². The number of rotatable bonds is 4. The van der Waals surface area contributed by atoms with Crippen LogP contribution in [0.2, 0.25) is 0 Å². The van der Waals surface area contributed by atoms with Gasteiger partial charge in [-0.25, -0.2) is 4.98 Å². The minimum absolute atomic E-state index is 0.171. The van der Waals surface area contributed by atoms with Crippen molar-refractivity contribution < 1.29 is 9.90 Å². The maximum atomic E-state index is 12.7. The second kappa shape index (κ2) is 6.18. The molecule has 1 unspecified atom stereocenters. The molecule has 3 rings (SSSR count). The Hall–Kier alpha value is -2.73. The van der Waals surface area contributed by atoms with Crippen LogP contribution in [-0.4, -0.2) is 32.4 Å². The Morgan fingerprint density at radius 1 is 1.35 bits per heavy atom. The average molecular weight is 310 g/mol.